The molecule has 2 heterocycles. The molecule has 10 unspecified atom stereocenters. The Kier molecular flexibility index (Phi) is 7.59. The quantitative estimate of drug-likeness (QED) is 0.203. The van der Waals surface area contributed by atoms with Crippen molar-refractivity contribution in [3.05, 3.63) is 20.9 Å². The zero-order valence-electron chi connectivity index (χ0n) is 14.3. The maximum absolute atomic E-state index is 10.3. The summed E-state index contributed by atoms with van der Waals surface area (Å²) in [5.41, 5.74) is 16.8. The molecular weight excluding hydrogens is 368 g/mol. The summed E-state index contributed by atoms with van der Waals surface area (Å²) in [4.78, 5) is 5.12. The van der Waals surface area contributed by atoms with Crippen molar-refractivity contribution in [3.63, 3.8) is 0 Å². The highest BCUT2D eigenvalue weighted by molar-refractivity contribution is 4.92. The highest BCUT2D eigenvalue weighted by Gasteiger charge is 2.48. The van der Waals surface area contributed by atoms with Crippen LogP contribution in [0.25, 0.3) is 20.9 Å². The zero-order chi connectivity index (χ0) is 20.1. The number of rotatable bonds is 6. The van der Waals surface area contributed by atoms with Gasteiger partial charge in [0, 0.05) is 15.7 Å². The van der Waals surface area contributed by atoms with Gasteiger partial charge in [0.15, 0.2) is 12.6 Å². The van der Waals surface area contributed by atoms with E-state index in [-0.39, 0.29) is 13.1 Å². The molecule has 0 aromatic rings. The Morgan fingerprint density at radius 2 is 1.26 bits per heavy atom. The minimum Gasteiger partial charge on any atom is -0.390 e. The summed E-state index contributed by atoms with van der Waals surface area (Å²) in [6, 6.07) is 0. The fourth-order valence-corrected chi connectivity index (χ4v) is 2.93. The average Bonchev–Trinajstić information content (AvgIpc) is 2.66. The number of azide groups is 2. The molecule has 0 amide bonds. The minimum absolute atomic E-state index is 0.219. The van der Waals surface area contributed by atoms with Crippen molar-refractivity contribution in [1.82, 2.24) is 0 Å². The monoisotopic (exact) mass is 390 g/mol. The Morgan fingerprint density at radius 1 is 0.778 bits per heavy atom. The van der Waals surface area contributed by atoms with Gasteiger partial charge in [-0.3, -0.25) is 0 Å². The Morgan fingerprint density at radius 3 is 1.78 bits per heavy atom. The molecule has 2 fully saturated rings. The van der Waals surface area contributed by atoms with E-state index in [1.165, 1.54) is 6.92 Å². The van der Waals surface area contributed by atoms with E-state index in [1.54, 1.807) is 0 Å². The number of aliphatic hydroxyl groups excluding tert-OH is 5. The first-order valence-corrected chi connectivity index (χ1v) is 8.20. The first-order chi connectivity index (χ1) is 12.8. The Hall–Kier alpha value is -1.70. The van der Waals surface area contributed by atoms with E-state index in [1.807, 2.05) is 0 Å². The van der Waals surface area contributed by atoms with E-state index in [0.29, 0.717) is 0 Å². The third-order valence-corrected chi connectivity index (χ3v) is 4.63. The Bertz CT molecular complexity index is 549. The molecule has 0 aliphatic carbocycles. The SMILES string of the molecule is CC1C(O)C(CN=[N+]=[N-])OC(OC2OC(CN=[N+]=[N-])C(O)C(O)C2O)C1O. The maximum Gasteiger partial charge on any atom is 0.189 e. The fourth-order valence-electron chi connectivity index (χ4n) is 2.93. The molecule has 2 aliphatic heterocycles. The molecule has 0 spiro atoms. The molecule has 152 valence electrons. The van der Waals surface area contributed by atoms with Crippen molar-refractivity contribution >= 4 is 0 Å². The number of hydrogen-bond acceptors (Lipinski definition) is 10. The maximum atomic E-state index is 10.3. The summed E-state index contributed by atoms with van der Waals surface area (Å²) in [6.07, 6.45) is -12.4. The third kappa shape index (κ3) is 4.78. The van der Waals surface area contributed by atoms with Crippen molar-refractivity contribution in [3.8, 4) is 0 Å². The van der Waals surface area contributed by atoms with E-state index < -0.39 is 61.2 Å². The number of hydrogen-bond donors (Lipinski definition) is 5. The molecule has 27 heavy (non-hydrogen) atoms. The van der Waals surface area contributed by atoms with Gasteiger partial charge in [-0.2, -0.15) is 0 Å². The predicted molar refractivity (Wildman–Crippen MR) is 85.6 cm³/mol. The highest BCUT2D eigenvalue weighted by atomic mass is 16.8. The smallest absolute Gasteiger partial charge is 0.189 e. The second-order valence-electron chi connectivity index (χ2n) is 6.36. The van der Waals surface area contributed by atoms with Crippen molar-refractivity contribution < 1.29 is 39.7 Å². The topological polar surface area (TPSA) is 226 Å². The normalized spacial score (nSPS) is 44.8. The van der Waals surface area contributed by atoms with Crippen LogP contribution in [-0.4, -0.2) is 93.9 Å². The highest BCUT2D eigenvalue weighted by Crippen LogP contribution is 2.30. The van der Waals surface area contributed by atoms with E-state index in [4.69, 9.17) is 25.3 Å². The molecule has 2 aliphatic rings. The molecule has 5 N–H and O–H groups in total. The van der Waals surface area contributed by atoms with Crippen LogP contribution in [0, 0.1) is 5.92 Å². The Labute approximate surface area is 153 Å². The lowest BCUT2D eigenvalue weighted by atomic mass is 9.90. The van der Waals surface area contributed by atoms with Crippen LogP contribution in [0.3, 0.4) is 0 Å². The van der Waals surface area contributed by atoms with Gasteiger partial charge in [-0.1, -0.05) is 17.2 Å². The molecular formula is C13H22N6O8. The minimum atomic E-state index is -1.68. The largest absolute Gasteiger partial charge is 0.390 e. The van der Waals surface area contributed by atoms with Gasteiger partial charge in [-0.25, -0.2) is 0 Å². The lowest BCUT2D eigenvalue weighted by Crippen LogP contribution is -2.62. The van der Waals surface area contributed by atoms with Gasteiger partial charge in [0.2, 0.25) is 0 Å². The molecule has 0 radical (unpaired) electrons. The third-order valence-electron chi connectivity index (χ3n) is 4.63. The molecule has 0 aromatic heterocycles. The summed E-state index contributed by atoms with van der Waals surface area (Å²) in [5.74, 6) is -0.724. The van der Waals surface area contributed by atoms with E-state index in [9.17, 15) is 25.5 Å². The van der Waals surface area contributed by atoms with Crippen LogP contribution in [0.1, 0.15) is 6.92 Å². The summed E-state index contributed by atoms with van der Waals surface area (Å²) in [5, 5.41) is 56.9. The van der Waals surface area contributed by atoms with Crippen molar-refractivity contribution in [2.24, 2.45) is 16.1 Å². The first kappa shape index (κ1) is 21.6. The van der Waals surface area contributed by atoms with Crippen LogP contribution in [0.5, 0.6) is 0 Å². The molecule has 0 aromatic carbocycles. The van der Waals surface area contributed by atoms with Crippen molar-refractivity contribution in [1.29, 1.82) is 0 Å². The molecule has 0 bridgehead atoms. The van der Waals surface area contributed by atoms with E-state index in [2.05, 4.69) is 20.1 Å². The number of nitrogens with zero attached hydrogens (tertiary/aromatic N) is 6. The lowest BCUT2D eigenvalue weighted by Gasteiger charge is -2.45. The van der Waals surface area contributed by atoms with Gasteiger partial charge >= 0.3 is 0 Å². The van der Waals surface area contributed by atoms with Gasteiger partial charge in [-0.05, 0) is 11.1 Å². The molecule has 14 nitrogen and oxygen atoms in total. The first-order valence-electron chi connectivity index (χ1n) is 8.20. The molecule has 2 saturated heterocycles. The van der Waals surface area contributed by atoms with Crippen LogP contribution in [0.2, 0.25) is 0 Å². The second-order valence-corrected chi connectivity index (χ2v) is 6.36. The summed E-state index contributed by atoms with van der Waals surface area (Å²) in [7, 11) is 0. The fraction of sp³-hybridized carbons (Fsp3) is 1.00. The average molecular weight is 390 g/mol. The van der Waals surface area contributed by atoms with E-state index in [0.717, 1.165) is 0 Å². The van der Waals surface area contributed by atoms with Crippen LogP contribution in [-0.2, 0) is 14.2 Å². The number of ether oxygens (including phenoxy) is 3. The van der Waals surface area contributed by atoms with Crippen molar-refractivity contribution in [2.45, 2.75) is 62.2 Å². The lowest BCUT2D eigenvalue weighted by molar-refractivity contribution is -0.367. The molecule has 0 saturated carbocycles. The van der Waals surface area contributed by atoms with Gasteiger partial charge < -0.3 is 39.7 Å². The van der Waals surface area contributed by atoms with Crippen LogP contribution < -0.4 is 0 Å². The van der Waals surface area contributed by atoms with Crippen LogP contribution >= 0.6 is 0 Å². The zero-order valence-corrected chi connectivity index (χ0v) is 14.3. The molecule has 2 rings (SSSR count). The van der Waals surface area contributed by atoms with E-state index >= 15 is 0 Å². The Balaban J connectivity index is 2.11. The summed E-state index contributed by atoms with van der Waals surface area (Å²) < 4.78 is 16.2. The van der Waals surface area contributed by atoms with Crippen molar-refractivity contribution in [2.75, 3.05) is 13.1 Å². The second kappa shape index (κ2) is 9.48. The summed E-state index contributed by atoms with van der Waals surface area (Å²) >= 11 is 0. The van der Waals surface area contributed by atoms with Gasteiger partial charge in [0.1, 0.15) is 24.4 Å². The van der Waals surface area contributed by atoms with Crippen LogP contribution in [0.4, 0.5) is 0 Å². The molecule has 14 heteroatoms. The van der Waals surface area contributed by atoms with Gasteiger partial charge in [0.05, 0.1) is 31.4 Å². The van der Waals surface area contributed by atoms with Gasteiger partial charge in [0.25, 0.3) is 0 Å². The molecule has 10 atom stereocenters. The van der Waals surface area contributed by atoms with Gasteiger partial charge in [-0.15, -0.1) is 0 Å². The van der Waals surface area contributed by atoms with Crippen LogP contribution in [0.15, 0.2) is 10.2 Å². The summed E-state index contributed by atoms with van der Waals surface area (Å²) in [6.45, 7) is 0.978. The standard InChI is InChI=1S/C13H22N6O8/c1-4-7(20)5(2-16-18-14)25-12(8(4)21)27-13-11(24)10(23)9(22)6(26-13)3-17-19-15/h4-13,20-24H,2-3H2,1H3. The predicted octanol–water partition coefficient (Wildman–Crippen LogP) is -1.49. The number of aliphatic hydroxyl groups is 5.